The molecule has 0 bridgehead atoms. The Morgan fingerprint density at radius 3 is 2.92 bits per heavy atom. The van der Waals surface area contributed by atoms with Crippen molar-refractivity contribution in [1.82, 2.24) is 19.8 Å². The molecule has 1 aliphatic heterocycles. The van der Waals surface area contributed by atoms with E-state index in [1.165, 1.54) is 12.8 Å². The molecule has 6 nitrogen and oxygen atoms in total. The summed E-state index contributed by atoms with van der Waals surface area (Å²) in [5.74, 6) is 2.17. The van der Waals surface area contributed by atoms with Crippen molar-refractivity contribution in [3.05, 3.63) is 45.2 Å². The van der Waals surface area contributed by atoms with Crippen molar-refractivity contribution in [2.75, 3.05) is 13.1 Å². The summed E-state index contributed by atoms with van der Waals surface area (Å²) in [5.41, 5.74) is 3.37. The van der Waals surface area contributed by atoms with Crippen molar-refractivity contribution in [3.63, 3.8) is 0 Å². The van der Waals surface area contributed by atoms with Gasteiger partial charge in [0.05, 0.1) is 17.9 Å². The summed E-state index contributed by atoms with van der Waals surface area (Å²) in [4.78, 5) is 14.5. The SMILES string of the molecule is O=c1cc2c(nn1CC1CN(Cc3cc(C4CC4)on3)C1)CCC2. The lowest BCUT2D eigenvalue weighted by molar-refractivity contribution is 0.0742. The zero-order valence-electron chi connectivity index (χ0n) is 13.8. The molecule has 2 fully saturated rings. The van der Waals surface area contributed by atoms with Crippen molar-refractivity contribution in [3.8, 4) is 0 Å². The number of hydrogen-bond acceptors (Lipinski definition) is 5. The van der Waals surface area contributed by atoms with Gasteiger partial charge in [-0.2, -0.15) is 5.10 Å². The van der Waals surface area contributed by atoms with Crippen LogP contribution in [0.3, 0.4) is 0 Å². The van der Waals surface area contributed by atoms with Crippen LogP contribution in [0.1, 0.15) is 47.9 Å². The highest BCUT2D eigenvalue weighted by Crippen LogP contribution is 2.40. The molecule has 1 saturated carbocycles. The summed E-state index contributed by atoms with van der Waals surface area (Å²) in [7, 11) is 0. The number of aryl methyl sites for hydroxylation is 2. The van der Waals surface area contributed by atoms with Gasteiger partial charge in [-0.1, -0.05) is 5.16 Å². The number of fused-ring (bicyclic) bond motifs is 1. The van der Waals surface area contributed by atoms with E-state index in [1.807, 2.05) is 0 Å². The maximum absolute atomic E-state index is 12.2. The lowest BCUT2D eigenvalue weighted by Gasteiger charge is -2.38. The monoisotopic (exact) mass is 326 g/mol. The summed E-state index contributed by atoms with van der Waals surface area (Å²) >= 11 is 0. The van der Waals surface area contributed by atoms with Crippen molar-refractivity contribution in [2.45, 2.75) is 51.1 Å². The van der Waals surface area contributed by atoms with Gasteiger partial charge in [-0.25, -0.2) is 4.68 Å². The molecule has 0 atom stereocenters. The Morgan fingerprint density at radius 1 is 1.21 bits per heavy atom. The average Bonchev–Trinajstić information content (AvgIpc) is 3.11. The highest BCUT2D eigenvalue weighted by molar-refractivity contribution is 5.22. The van der Waals surface area contributed by atoms with E-state index in [0.29, 0.717) is 11.8 Å². The van der Waals surface area contributed by atoms with Gasteiger partial charge in [0.1, 0.15) is 5.76 Å². The van der Waals surface area contributed by atoms with Crippen molar-refractivity contribution < 1.29 is 4.52 Å². The molecule has 1 saturated heterocycles. The van der Waals surface area contributed by atoms with Gasteiger partial charge >= 0.3 is 0 Å². The normalized spacial score (nSPS) is 21.0. The number of nitrogens with zero attached hydrogens (tertiary/aromatic N) is 4. The van der Waals surface area contributed by atoms with E-state index in [2.05, 4.69) is 21.2 Å². The lowest BCUT2D eigenvalue weighted by atomic mass is 10.00. The fourth-order valence-electron chi connectivity index (χ4n) is 3.93. The second-order valence-electron chi connectivity index (χ2n) is 7.55. The van der Waals surface area contributed by atoms with Crippen LogP contribution in [0, 0.1) is 5.92 Å². The second kappa shape index (κ2) is 5.55. The molecule has 2 aromatic rings. The van der Waals surface area contributed by atoms with Gasteiger partial charge in [-0.15, -0.1) is 0 Å². The molecule has 3 heterocycles. The highest BCUT2D eigenvalue weighted by atomic mass is 16.5. The molecule has 3 aliphatic rings. The van der Waals surface area contributed by atoms with Gasteiger partial charge in [-0.3, -0.25) is 9.69 Å². The van der Waals surface area contributed by atoms with Gasteiger partial charge in [-0.05, 0) is 37.7 Å². The van der Waals surface area contributed by atoms with Gasteiger partial charge in [0.15, 0.2) is 0 Å². The van der Waals surface area contributed by atoms with Crippen LogP contribution in [0.25, 0.3) is 0 Å². The van der Waals surface area contributed by atoms with Gasteiger partial charge < -0.3 is 4.52 Å². The maximum Gasteiger partial charge on any atom is 0.267 e. The molecule has 24 heavy (non-hydrogen) atoms. The summed E-state index contributed by atoms with van der Waals surface area (Å²) in [6, 6.07) is 3.90. The molecule has 6 heteroatoms. The van der Waals surface area contributed by atoms with Crippen LogP contribution in [0.2, 0.25) is 0 Å². The first-order valence-electron chi connectivity index (χ1n) is 9.02. The summed E-state index contributed by atoms with van der Waals surface area (Å²) in [6.07, 6.45) is 5.63. The molecule has 0 radical (unpaired) electrons. The van der Waals surface area contributed by atoms with Crippen molar-refractivity contribution in [2.24, 2.45) is 5.92 Å². The predicted octanol–water partition coefficient (Wildman–Crippen LogP) is 1.73. The molecule has 0 spiro atoms. The summed E-state index contributed by atoms with van der Waals surface area (Å²) in [5, 5.41) is 8.75. The Labute approximate surface area is 140 Å². The van der Waals surface area contributed by atoms with E-state index in [1.54, 1.807) is 10.7 Å². The van der Waals surface area contributed by atoms with E-state index in [4.69, 9.17) is 4.52 Å². The summed E-state index contributed by atoms with van der Waals surface area (Å²) < 4.78 is 7.08. The molecule has 126 valence electrons. The Hall–Kier alpha value is -1.95. The first-order chi connectivity index (χ1) is 11.7. The third-order valence-corrected chi connectivity index (χ3v) is 5.43. The number of likely N-dealkylation sites (tertiary alicyclic amines) is 1. The third-order valence-electron chi connectivity index (χ3n) is 5.43. The molecular formula is C18H22N4O2. The smallest absolute Gasteiger partial charge is 0.267 e. The number of hydrogen-bond donors (Lipinski definition) is 0. The van der Waals surface area contributed by atoms with Crippen LogP contribution in [-0.4, -0.2) is 32.9 Å². The second-order valence-corrected chi connectivity index (χ2v) is 7.55. The number of aromatic nitrogens is 3. The fraction of sp³-hybridized carbons (Fsp3) is 0.611. The fourth-order valence-corrected chi connectivity index (χ4v) is 3.93. The Bertz CT molecular complexity index is 815. The standard InChI is InChI=1S/C18H22N4O2/c23-18-6-14-2-1-3-16(14)19-22(18)10-12-8-21(9-12)11-15-7-17(24-20-15)13-4-5-13/h6-7,12-13H,1-5,8-11H2. The van der Waals surface area contributed by atoms with Gasteiger partial charge in [0.2, 0.25) is 0 Å². The molecule has 2 aromatic heterocycles. The third kappa shape index (κ3) is 2.69. The molecule has 0 N–H and O–H groups in total. The zero-order chi connectivity index (χ0) is 16.1. The molecule has 0 unspecified atom stereocenters. The topological polar surface area (TPSA) is 64.2 Å². The van der Waals surface area contributed by atoms with Crippen LogP contribution in [-0.2, 0) is 25.9 Å². The maximum atomic E-state index is 12.2. The molecule has 0 amide bonds. The van der Waals surface area contributed by atoms with E-state index in [9.17, 15) is 4.79 Å². The van der Waals surface area contributed by atoms with Crippen molar-refractivity contribution >= 4 is 0 Å². The minimum atomic E-state index is 0.0553. The highest BCUT2D eigenvalue weighted by Gasteiger charge is 2.31. The lowest BCUT2D eigenvalue weighted by Crippen LogP contribution is -2.49. The van der Waals surface area contributed by atoms with Crippen LogP contribution in [0.4, 0.5) is 0 Å². The van der Waals surface area contributed by atoms with Crippen molar-refractivity contribution in [1.29, 1.82) is 0 Å². The first-order valence-corrected chi connectivity index (χ1v) is 9.02. The largest absolute Gasteiger partial charge is 0.361 e. The quantitative estimate of drug-likeness (QED) is 0.837. The van der Waals surface area contributed by atoms with Crippen LogP contribution >= 0.6 is 0 Å². The van der Waals surface area contributed by atoms with Crippen LogP contribution in [0.5, 0.6) is 0 Å². The minimum Gasteiger partial charge on any atom is -0.361 e. The Morgan fingerprint density at radius 2 is 2.08 bits per heavy atom. The molecule has 5 rings (SSSR count). The Kier molecular flexibility index (Phi) is 3.33. The minimum absolute atomic E-state index is 0.0553. The zero-order valence-corrected chi connectivity index (χ0v) is 13.8. The Balaban J connectivity index is 1.17. The van der Waals surface area contributed by atoms with Crippen LogP contribution in [0.15, 0.2) is 21.5 Å². The van der Waals surface area contributed by atoms with E-state index < -0.39 is 0 Å². The molecular weight excluding hydrogens is 304 g/mol. The predicted molar refractivity (Wildman–Crippen MR) is 87.8 cm³/mol. The van der Waals surface area contributed by atoms with E-state index in [-0.39, 0.29) is 5.56 Å². The number of rotatable bonds is 5. The first kappa shape index (κ1) is 14.4. The average molecular weight is 326 g/mol. The molecule has 2 aliphatic carbocycles. The summed E-state index contributed by atoms with van der Waals surface area (Å²) in [6.45, 7) is 3.57. The van der Waals surface area contributed by atoms with Gasteiger partial charge in [0.25, 0.3) is 5.56 Å². The van der Waals surface area contributed by atoms with Crippen LogP contribution < -0.4 is 5.56 Å². The van der Waals surface area contributed by atoms with E-state index in [0.717, 1.165) is 68.2 Å². The molecule has 0 aromatic carbocycles. The van der Waals surface area contributed by atoms with E-state index >= 15 is 0 Å². The van der Waals surface area contributed by atoms with Gasteiger partial charge in [0, 0.05) is 43.6 Å².